The van der Waals surface area contributed by atoms with Crippen molar-refractivity contribution in [3.05, 3.63) is 47.4 Å². The average molecular weight is 319 g/mol. The molecule has 0 bridgehead atoms. The molecule has 1 aromatic carbocycles. The van der Waals surface area contributed by atoms with E-state index in [0.717, 1.165) is 43.7 Å². The average Bonchev–Trinajstić information content (AvgIpc) is 3.03. The van der Waals surface area contributed by atoms with Gasteiger partial charge in [0.1, 0.15) is 5.82 Å². The van der Waals surface area contributed by atoms with Crippen molar-refractivity contribution in [3.63, 3.8) is 0 Å². The summed E-state index contributed by atoms with van der Waals surface area (Å²) in [7, 11) is 0. The molecular weight excluding hydrogens is 297 g/mol. The second kappa shape index (κ2) is 7.19. The summed E-state index contributed by atoms with van der Waals surface area (Å²) in [4.78, 5) is 6.59. The highest BCUT2D eigenvalue weighted by molar-refractivity contribution is 5.19. The zero-order chi connectivity index (χ0) is 16.2. The van der Waals surface area contributed by atoms with Crippen molar-refractivity contribution in [1.82, 2.24) is 15.0 Å². The zero-order valence-corrected chi connectivity index (χ0v) is 13.3. The highest BCUT2D eigenvalue weighted by Gasteiger charge is 2.27. The Hall–Kier alpha value is -1.79. The lowest BCUT2D eigenvalue weighted by molar-refractivity contribution is 0.0537. The fourth-order valence-corrected chi connectivity index (χ4v) is 3.05. The third kappa shape index (κ3) is 3.95. The first-order valence-electron chi connectivity index (χ1n) is 8.13. The Kier molecular flexibility index (Phi) is 5.03. The normalized spacial score (nSPS) is 18.2. The molecule has 5 nitrogen and oxygen atoms in total. The van der Waals surface area contributed by atoms with Crippen LogP contribution in [-0.4, -0.2) is 33.2 Å². The van der Waals surface area contributed by atoms with Crippen LogP contribution < -0.4 is 0 Å². The Balaban J connectivity index is 1.52. The molecule has 0 amide bonds. The molecule has 1 saturated heterocycles. The molecule has 1 atom stereocenters. The summed E-state index contributed by atoms with van der Waals surface area (Å²) < 4.78 is 18.2. The van der Waals surface area contributed by atoms with Gasteiger partial charge in [-0.25, -0.2) is 4.39 Å². The minimum absolute atomic E-state index is 0.200. The number of halogens is 1. The van der Waals surface area contributed by atoms with Crippen LogP contribution in [0, 0.1) is 11.7 Å². The summed E-state index contributed by atoms with van der Waals surface area (Å²) in [5.41, 5.74) is 0.786. The highest BCUT2D eigenvalue weighted by atomic mass is 19.1. The third-order valence-corrected chi connectivity index (χ3v) is 4.48. The van der Waals surface area contributed by atoms with Gasteiger partial charge in [-0.15, -0.1) is 0 Å². The number of aliphatic hydroxyl groups is 1. The first kappa shape index (κ1) is 16.1. The lowest BCUT2D eigenvalue weighted by Gasteiger charge is -2.33. The molecule has 0 spiro atoms. The number of aryl methyl sites for hydroxylation is 1. The van der Waals surface area contributed by atoms with Crippen molar-refractivity contribution < 1.29 is 14.0 Å². The Bertz CT molecular complexity index is 621. The van der Waals surface area contributed by atoms with E-state index in [0.29, 0.717) is 12.4 Å². The van der Waals surface area contributed by atoms with E-state index in [4.69, 9.17) is 4.52 Å². The molecule has 1 unspecified atom stereocenters. The zero-order valence-electron chi connectivity index (χ0n) is 13.3. The van der Waals surface area contributed by atoms with Crippen LogP contribution in [0.4, 0.5) is 4.39 Å². The van der Waals surface area contributed by atoms with E-state index in [2.05, 4.69) is 15.0 Å². The van der Waals surface area contributed by atoms with E-state index in [9.17, 15) is 9.50 Å². The van der Waals surface area contributed by atoms with E-state index < -0.39 is 6.10 Å². The maximum absolute atomic E-state index is 13.0. The van der Waals surface area contributed by atoms with Crippen molar-refractivity contribution in [1.29, 1.82) is 0 Å². The minimum Gasteiger partial charge on any atom is -0.388 e. The van der Waals surface area contributed by atoms with E-state index in [1.54, 1.807) is 12.1 Å². The van der Waals surface area contributed by atoms with Gasteiger partial charge >= 0.3 is 0 Å². The number of aromatic nitrogens is 2. The number of aliphatic hydroxyl groups excluding tert-OH is 1. The topological polar surface area (TPSA) is 62.4 Å². The molecule has 1 aromatic heterocycles. The number of hydrogen-bond acceptors (Lipinski definition) is 5. The molecule has 0 aliphatic carbocycles. The Labute approximate surface area is 135 Å². The van der Waals surface area contributed by atoms with E-state index >= 15 is 0 Å². The van der Waals surface area contributed by atoms with Crippen molar-refractivity contribution in [3.8, 4) is 0 Å². The summed E-state index contributed by atoms with van der Waals surface area (Å²) in [5.74, 6) is 1.31. The summed E-state index contributed by atoms with van der Waals surface area (Å²) in [6.07, 6.45) is 2.03. The molecule has 1 N–H and O–H groups in total. The maximum atomic E-state index is 13.0. The lowest BCUT2D eigenvalue weighted by Crippen LogP contribution is -2.35. The number of benzene rings is 1. The van der Waals surface area contributed by atoms with Gasteiger partial charge in [-0.05, 0) is 49.5 Å². The van der Waals surface area contributed by atoms with E-state index in [1.807, 2.05) is 6.92 Å². The van der Waals surface area contributed by atoms with Gasteiger partial charge in [0.05, 0.1) is 12.6 Å². The molecular formula is C17H22FN3O2. The molecule has 1 aliphatic rings. The number of nitrogens with zero attached hydrogens (tertiary/aromatic N) is 3. The summed E-state index contributed by atoms with van der Waals surface area (Å²) in [6.45, 7) is 4.42. The molecule has 1 aliphatic heterocycles. The van der Waals surface area contributed by atoms with Crippen LogP contribution >= 0.6 is 0 Å². The second-order valence-electron chi connectivity index (χ2n) is 6.07. The second-order valence-corrected chi connectivity index (χ2v) is 6.07. The monoisotopic (exact) mass is 319 g/mol. The van der Waals surface area contributed by atoms with Gasteiger partial charge in [0.25, 0.3) is 0 Å². The Morgan fingerprint density at radius 3 is 2.61 bits per heavy atom. The van der Waals surface area contributed by atoms with Crippen molar-refractivity contribution in [2.24, 2.45) is 5.92 Å². The minimum atomic E-state index is -0.534. The van der Waals surface area contributed by atoms with Crippen LogP contribution in [-0.2, 0) is 13.0 Å². The van der Waals surface area contributed by atoms with Crippen LogP contribution in [0.3, 0.4) is 0 Å². The first-order valence-corrected chi connectivity index (χ1v) is 8.13. The third-order valence-electron chi connectivity index (χ3n) is 4.48. The highest BCUT2D eigenvalue weighted by Crippen LogP contribution is 2.31. The van der Waals surface area contributed by atoms with Gasteiger partial charge in [0.2, 0.25) is 5.89 Å². The Morgan fingerprint density at radius 1 is 1.30 bits per heavy atom. The smallest absolute Gasteiger partial charge is 0.240 e. The number of rotatable bonds is 5. The molecule has 6 heteroatoms. The van der Waals surface area contributed by atoms with Crippen LogP contribution in [0.15, 0.2) is 28.8 Å². The van der Waals surface area contributed by atoms with Crippen molar-refractivity contribution >= 4 is 0 Å². The molecule has 2 heterocycles. The first-order chi connectivity index (χ1) is 11.2. The van der Waals surface area contributed by atoms with E-state index in [1.165, 1.54) is 12.1 Å². The van der Waals surface area contributed by atoms with Crippen LogP contribution in [0.5, 0.6) is 0 Å². The van der Waals surface area contributed by atoms with Gasteiger partial charge in [-0.1, -0.05) is 24.2 Å². The molecule has 2 aromatic rings. The SMILES string of the molecule is CCc1noc(CN2CCC(C(O)c3ccc(F)cc3)CC2)n1. The number of likely N-dealkylation sites (tertiary alicyclic amines) is 1. The summed E-state index contributed by atoms with van der Waals surface area (Å²) >= 11 is 0. The predicted octanol–water partition coefficient (Wildman–Crippen LogP) is 2.72. The van der Waals surface area contributed by atoms with Gasteiger partial charge in [0.15, 0.2) is 5.82 Å². The van der Waals surface area contributed by atoms with Crippen LogP contribution in [0.1, 0.15) is 43.1 Å². The van der Waals surface area contributed by atoms with Crippen LogP contribution in [0.25, 0.3) is 0 Å². The predicted molar refractivity (Wildman–Crippen MR) is 83.0 cm³/mol. The molecule has 1 fully saturated rings. The standard InChI is InChI=1S/C17H22FN3O2/c1-2-15-19-16(23-20-15)11-21-9-7-13(8-10-21)17(22)12-3-5-14(18)6-4-12/h3-6,13,17,22H,2,7-11H2,1H3. The molecule has 124 valence electrons. The van der Waals surface area contributed by atoms with Gasteiger partial charge in [-0.3, -0.25) is 4.90 Å². The molecule has 3 rings (SSSR count). The lowest BCUT2D eigenvalue weighted by atomic mass is 9.87. The number of hydrogen-bond donors (Lipinski definition) is 1. The van der Waals surface area contributed by atoms with Crippen molar-refractivity contribution in [2.75, 3.05) is 13.1 Å². The maximum Gasteiger partial charge on any atom is 0.240 e. The van der Waals surface area contributed by atoms with Gasteiger partial charge < -0.3 is 9.63 Å². The fourth-order valence-electron chi connectivity index (χ4n) is 3.05. The summed E-state index contributed by atoms with van der Waals surface area (Å²) in [5, 5.41) is 14.4. The largest absolute Gasteiger partial charge is 0.388 e. The molecule has 0 radical (unpaired) electrons. The number of piperidine rings is 1. The molecule has 0 saturated carbocycles. The fraction of sp³-hybridized carbons (Fsp3) is 0.529. The molecule has 23 heavy (non-hydrogen) atoms. The quantitative estimate of drug-likeness (QED) is 0.918. The van der Waals surface area contributed by atoms with Gasteiger partial charge in [0, 0.05) is 6.42 Å². The van der Waals surface area contributed by atoms with Gasteiger partial charge in [-0.2, -0.15) is 4.98 Å². The van der Waals surface area contributed by atoms with Crippen LogP contribution in [0.2, 0.25) is 0 Å². The summed E-state index contributed by atoms with van der Waals surface area (Å²) in [6, 6.07) is 6.12. The van der Waals surface area contributed by atoms with Crippen molar-refractivity contribution in [2.45, 2.75) is 38.8 Å². The van der Waals surface area contributed by atoms with E-state index in [-0.39, 0.29) is 11.7 Å². The Morgan fingerprint density at radius 2 is 2.00 bits per heavy atom.